The Labute approximate surface area is 226 Å². The van der Waals surface area contributed by atoms with Crippen LogP contribution in [0.5, 0.6) is 0 Å². The van der Waals surface area contributed by atoms with Gasteiger partial charge in [-0.05, 0) is 0 Å². The number of aromatic nitrogens is 2. The molecule has 2 amide bonds. The van der Waals surface area contributed by atoms with Gasteiger partial charge in [0.25, 0.3) is 0 Å². The Balaban J connectivity index is 1.47. The van der Waals surface area contributed by atoms with Gasteiger partial charge in [-0.2, -0.15) is 0 Å². The molecule has 0 N–H and O–H groups in total. The molecule has 0 radical (unpaired) electrons. The summed E-state index contributed by atoms with van der Waals surface area (Å²) >= 11 is -0.109. The van der Waals surface area contributed by atoms with Crippen LogP contribution in [0.4, 0.5) is 0 Å². The number of aryl methyl sites for hydroxylation is 1. The van der Waals surface area contributed by atoms with Crippen molar-refractivity contribution in [3.05, 3.63) is 54.4 Å². The molecule has 4 atom stereocenters. The SMILES string of the molecule is C=CC(=O)N(C)CC(C)[I-]C(C)CCN(CC)C(=O)c1nn2c(c1-c1ccccc1)C1CC[C@H]1CC2. The number of carbonyl (C=O) groups is 2. The van der Waals surface area contributed by atoms with Gasteiger partial charge in [-0.15, -0.1) is 0 Å². The average molecular weight is 604 g/mol. The van der Waals surface area contributed by atoms with Gasteiger partial charge in [0.05, 0.1) is 0 Å². The minimum absolute atomic E-state index is 0.0218. The third kappa shape index (κ3) is 5.71. The van der Waals surface area contributed by atoms with Gasteiger partial charge in [0.1, 0.15) is 0 Å². The van der Waals surface area contributed by atoms with E-state index in [1.807, 2.05) is 18.0 Å². The zero-order valence-electron chi connectivity index (χ0n) is 22.1. The zero-order chi connectivity index (χ0) is 25.8. The van der Waals surface area contributed by atoms with E-state index in [-0.39, 0.29) is 33.0 Å². The van der Waals surface area contributed by atoms with E-state index in [0.29, 0.717) is 26.0 Å². The molecule has 1 aliphatic heterocycles. The first-order chi connectivity index (χ1) is 17.3. The van der Waals surface area contributed by atoms with E-state index in [9.17, 15) is 9.59 Å². The summed E-state index contributed by atoms with van der Waals surface area (Å²) in [6.45, 7) is 13.3. The number of halogens is 1. The molecule has 0 spiro atoms. The average Bonchev–Trinajstić information content (AvgIpc) is 3.22. The Hall–Kier alpha value is -2.16. The second kappa shape index (κ2) is 11.9. The van der Waals surface area contributed by atoms with Crippen LogP contribution in [0.1, 0.15) is 68.6 Å². The number of carbonyl (C=O) groups excluding carboxylic acids is 2. The number of hydrogen-bond donors (Lipinski definition) is 0. The molecule has 0 bridgehead atoms. The molecule has 1 aromatic heterocycles. The van der Waals surface area contributed by atoms with Crippen molar-refractivity contribution in [1.29, 1.82) is 0 Å². The van der Waals surface area contributed by atoms with E-state index >= 15 is 0 Å². The number of alkyl halides is 2. The van der Waals surface area contributed by atoms with Crippen LogP contribution in [0, 0.1) is 5.92 Å². The summed E-state index contributed by atoms with van der Waals surface area (Å²) in [6, 6.07) is 10.4. The molecule has 0 saturated heterocycles. The summed E-state index contributed by atoms with van der Waals surface area (Å²) in [5, 5.41) is 4.93. The summed E-state index contributed by atoms with van der Waals surface area (Å²) in [5.41, 5.74) is 4.09. The number of hydrogen-bond acceptors (Lipinski definition) is 3. The third-order valence-corrected chi connectivity index (χ3v) is 11.2. The molecule has 196 valence electrons. The van der Waals surface area contributed by atoms with Gasteiger partial charge in [-0.3, -0.25) is 0 Å². The molecule has 2 aliphatic rings. The Kier molecular flexibility index (Phi) is 8.91. The van der Waals surface area contributed by atoms with Crippen LogP contribution in [0.15, 0.2) is 43.0 Å². The molecule has 2 aromatic rings. The Bertz CT molecular complexity index is 1080. The molecule has 6 nitrogen and oxygen atoms in total. The van der Waals surface area contributed by atoms with Crippen LogP contribution in [0.2, 0.25) is 0 Å². The monoisotopic (exact) mass is 603 g/mol. The second-order valence-corrected chi connectivity index (χ2v) is 15.2. The Morgan fingerprint density at radius 3 is 2.58 bits per heavy atom. The molecule has 1 aliphatic carbocycles. The maximum absolute atomic E-state index is 13.9. The first kappa shape index (κ1) is 26.9. The van der Waals surface area contributed by atoms with Crippen molar-refractivity contribution in [3.63, 3.8) is 0 Å². The fraction of sp³-hybridized carbons (Fsp3) is 0.552. The summed E-state index contributed by atoms with van der Waals surface area (Å²) in [7, 11) is 1.84. The topological polar surface area (TPSA) is 58.4 Å². The fourth-order valence-electron chi connectivity index (χ4n) is 5.60. The standard InChI is InChI=1S/C29H40IN4O2/c1-6-25(35)32(5)19-21(4)30-20(3)15-17-33(7-2)29(36)27-26(23-11-9-8-10-12-23)28-24-14-13-22(24)16-18-34(28)31-27/h6,8-12,20-22,24H,1,7,13-19H2,2-5H3/q-1/t20?,21?,22-,24?/m0/s1. The molecule has 1 saturated carbocycles. The first-order valence-corrected chi connectivity index (χ1v) is 15.8. The Morgan fingerprint density at radius 1 is 1.19 bits per heavy atom. The van der Waals surface area contributed by atoms with Crippen LogP contribution in [0.3, 0.4) is 0 Å². The summed E-state index contributed by atoms with van der Waals surface area (Å²) in [5.74, 6) is 1.32. The summed E-state index contributed by atoms with van der Waals surface area (Å²) < 4.78 is 3.20. The molecule has 3 unspecified atom stereocenters. The molecule has 4 rings (SSSR count). The predicted octanol–water partition coefficient (Wildman–Crippen LogP) is 1.81. The normalized spacial score (nSPS) is 20.0. The maximum atomic E-state index is 13.9. The van der Waals surface area contributed by atoms with E-state index < -0.39 is 0 Å². The van der Waals surface area contributed by atoms with E-state index in [2.05, 4.69) is 56.3 Å². The van der Waals surface area contributed by atoms with Crippen LogP contribution in [0.25, 0.3) is 11.1 Å². The number of rotatable bonds is 11. The van der Waals surface area contributed by atoms with E-state index in [1.165, 1.54) is 31.0 Å². The number of likely N-dealkylation sites (N-methyl/N-ethyl adjacent to an activating group) is 1. The van der Waals surface area contributed by atoms with Crippen molar-refractivity contribution < 1.29 is 30.8 Å². The predicted molar refractivity (Wildman–Crippen MR) is 141 cm³/mol. The second-order valence-electron chi connectivity index (χ2n) is 10.2. The van der Waals surface area contributed by atoms with Gasteiger partial charge in [-0.1, -0.05) is 0 Å². The van der Waals surface area contributed by atoms with Crippen molar-refractivity contribution in [2.24, 2.45) is 5.92 Å². The number of amides is 2. The minimum atomic E-state index is -0.109. The van der Waals surface area contributed by atoms with Crippen molar-refractivity contribution in [2.75, 3.05) is 26.7 Å². The molecule has 7 heteroatoms. The van der Waals surface area contributed by atoms with Crippen LogP contribution >= 0.6 is 0 Å². The van der Waals surface area contributed by atoms with Gasteiger partial charge in [0.15, 0.2) is 0 Å². The van der Waals surface area contributed by atoms with Crippen LogP contribution in [-0.2, 0) is 11.3 Å². The third-order valence-electron chi connectivity index (χ3n) is 7.71. The van der Waals surface area contributed by atoms with Gasteiger partial charge in [0.2, 0.25) is 0 Å². The fourth-order valence-corrected chi connectivity index (χ4v) is 9.16. The molecular formula is C29H40IN4O2-. The van der Waals surface area contributed by atoms with Crippen LogP contribution < -0.4 is 21.2 Å². The van der Waals surface area contributed by atoms with Gasteiger partial charge < -0.3 is 0 Å². The summed E-state index contributed by atoms with van der Waals surface area (Å²) in [6.07, 6.45) is 6.03. The molecule has 1 fully saturated rings. The quantitative estimate of drug-likeness (QED) is 0.224. The molecule has 1 aromatic carbocycles. The zero-order valence-corrected chi connectivity index (χ0v) is 24.3. The number of fused-ring (bicyclic) bond motifs is 3. The van der Waals surface area contributed by atoms with Gasteiger partial charge in [0, 0.05) is 0 Å². The van der Waals surface area contributed by atoms with E-state index in [0.717, 1.165) is 43.1 Å². The van der Waals surface area contributed by atoms with Gasteiger partial charge >= 0.3 is 227 Å². The molecule has 2 heterocycles. The van der Waals surface area contributed by atoms with E-state index in [1.54, 1.807) is 4.90 Å². The Morgan fingerprint density at radius 2 is 1.94 bits per heavy atom. The number of nitrogens with zero attached hydrogens (tertiary/aromatic N) is 4. The van der Waals surface area contributed by atoms with Crippen molar-refractivity contribution in [1.82, 2.24) is 19.6 Å². The van der Waals surface area contributed by atoms with Crippen molar-refractivity contribution in [2.45, 2.75) is 66.8 Å². The molecular weight excluding hydrogens is 563 g/mol. The van der Waals surface area contributed by atoms with Crippen molar-refractivity contribution in [3.8, 4) is 11.1 Å². The van der Waals surface area contributed by atoms with E-state index in [4.69, 9.17) is 5.10 Å². The van der Waals surface area contributed by atoms with Crippen LogP contribution in [-0.4, -0.2) is 65.9 Å². The number of benzene rings is 1. The molecule has 36 heavy (non-hydrogen) atoms. The summed E-state index contributed by atoms with van der Waals surface area (Å²) in [4.78, 5) is 29.4. The van der Waals surface area contributed by atoms with Gasteiger partial charge in [-0.25, -0.2) is 0 Å². The first-order valence-electron chi connectivity index (χ1n) is 13.3. The van der Waals surface area contributed by atoms with Crippen molar-refractivity contribution >= 4 is 11.8 Å².